The van der Waals surface area contributed by atoms with Crippen LogP contribution in [-0.2, 0) is 14.8 Å². The highest BCUT2D eigenvalue weighted by molar-refractivity contribution is 7.88. The Balaban J connectivity index is 1.40. The summed E-state index contributed by atoms with van der Waals surface area (Å²) in [5, 5.41) is 1.02. The van der Waals surface area contributed by atoms with E-state index in [1.54, 1.807) is 11.3 Å². The quantitative estimate of drug-likeness (QED) is 0.738. The van der Waals surface area contributed by atoms with Gasteiger partial charge < -0.3 is 9.80 Å². The van der Waals surface area contributed by atoms with E-state index in [0.717, 1.165) is 36.6 Å². The van der Waals surface area contributed by atoms with Crippen LogP contribution in [-0.4, -0.2) is 74.0 Å². The van der Waals surface area contributed by atoms with Crippen molar-refractivity contribution in [2.75, 3.05) is 50.4 Å². The maximum atomic E-state index is 13.0. The van der Waals surface area contributed by atoms with Crippen LogP contribution in [0.1, 0.15) is 24.0 Å². The van der Waals surface area contributed by atoms with Gasteiger partial charge >= 0.3 is 0 Å². The number of nitrogens with zero attached hydrogens (tertiary/aromatic N) is 4. The summed E-state index contributed by atoms with van der Waals surface area (Å²) < 4.78 is 26.3. The lowest BCUT2D eigenvalue weighted by Gasteiger charge is -2.38. The average molecular weight is 437 g/mol. The molecule has 1 aromatic heterocycles. The SMILES string of the molecule is Cc1cc(C)c2nc(N3CCN(C(=O)C4CCCN(S(C)(=O)=O)C4)CC3)sc2c1. The molecule has 2 aromatic rings. The highest BCUT2D eigenvalue weighted by atomic mass is 32.2. The van der Waals surface area contributed by atoms with Crippen LogP contribution in [0.2, 0.25) is 0 Å². The van der Waals surface area contributed by atoms with Crippen molar-refractivity contribution in [2.45, 2.75) is 26.7 Å². The molecule has 2 aliphatic rings. The molecule has 1 unspecified atom stereocenters. The van der Waals surface area contributed by atoms with Gasteiger partial charge in [0, 0.05) is 39.3 Å². The lowest BCUT2D eigenvalue weighted by molar-refractivity contribution is -0.137. The van der Waals surface area contributed by atoms with Crippen LogP contribution in [0.15, 0.2) is 12.1 Å². The van der Waals surface area contributed by atoms with Crippen molar-refractivity contribution < 1.29 is 13.2 Å². The van der Waals surface area contributed by atoms with Gasteiger partial charge in [-0.15, -0.1) is 0 Å². The van der Waals surface area contributed by atoms with Crippen molar-refractivity contribution in [3.05, 3.63) is 23.3 Å². The number of anilines is 1. The van der Waals surface area contributed by atoms with E-state index in [9.17, 15) is 13.2 Å². The Hall–Kier alpha value is -1.71. The first kappa shape index (κ1) is 20.6. The van der Waals surface area contributed by atoms with E-state index in [2.05, 4.69) is 30.9 Å². The smallest absolute Gasteiger partial charge is 0.227 e. The molecule has 9 heteroatoms. The van der Waals surface area contributed by atoms with Crippen LogP contribution >= 0.6 is 11.3 Å². The number of piperidine rings is 1. The predicted molar refractivity (Wildman–Crippen MR) is 117 cm³/mol. The number of fused-ring (bicyclic) bond motifs is 1. The first-order chi connectivity index (χ1) is 13.7. The Morgan fingerprint density at radius 3 is 2.55 bits per heavy atom. The molecule has 4 rings (SSSR count). The number of hydrogen-bond donors (Lipinski definition) is 0. The molecule has 0 bridgehead atoms. The third kappa shape index (κ3) is 4.27. The summed E-state index contributed by atoms with van der Waals surface area (Å²) in [7, 11) is -3.24. The number of rotatable bonds is 3. The van der Waals surface area contributed by atoms with Gasteiger partial charge in [0.2, 0.25) is 15.9 Å². The van der Waals surface area contributed by atoms with Crippen LogP contribution in [0.3, 0.4) is 0 Å². The van der Waals surface area contributed by atoms with Crippen molar-refractivity contribution in [3.8, 4) is 0 Å². The Morgan fingerprint density at radius 1 is 1.14 bits per heavy atom. The minimum atomic E-state index is -3.24. The van der Waals surface area contributed by atoms with Gasteiger partial charge in [0.05, 0.1) is 22.4 Å². The summed E-state index contributed by atoms with van der Waals surface area (Å²) in [6, 6.07) is 4.34. The number of carbonyl (C=O) groups is 1. The van der Waals surface area contributed by atoms with E-state index in [4.69, 9.17) is 4.98 Å². The topological polar surface area (TPSA) is 73.8 Å². The minimum Gasteiger partial charge on any atom is -0.345 e. The van der Waals surface area contributed by atoms with Crippen molar-refractivity contribution >= 4 is 42.6 Å². The van der Waals surface area contributed by atoms with Crippen LogP contribution < -0.4 is 4.90 Å². The van der Waals surface area contributed by atoms with Crippen molar-refractivity contribution in [1.29, 1.82) is 0 Å². The van der Waals surface area contributed by atoms with Gasteiger partial charge in [0.25, 0.3) is 0 Å². The normalized spacial score (nSPS) is 21.7. The molecule has 2 fully saturated rings. The molecule has 7 nitrogen and oxygen atoms in total. The van der Waals surface area contributed by atoms with Gasteiger partial charge in [-0.2, -0.15) is 0 Å². The molecular weight excluding hydrogens is 408 g/mol. The fraction of sp³-hybridized carbons (Fsp3) is 0.600. The summed E-state index contributed by atoms with van der Waals surface area (Å²) in [5.41, 5.74) is 3.51. The third-order valence-electron chi connectivity index (χ3n) is 5.88. The van der Waals surface area contributed by atoms with E-state index in [1.165, 1.54) is 26.4 Å². The van der Waals surface area contributed by atoms with Gasteiger partial charge in [-0.1, -0.05) is 17.4 Å². The highest BCUT2D eigenvalue weighted by Crippen LogP contribution is 2.32. The Morgan fingerprint density at radius 2 is 1.86 bits per heavy atom. The molecule has 1 aromatic carbocycles. The molecule has 29 heavy (non-hydrogen) atoms. The molecule has 0 radical (unpaired) electrons. The number of amides is 1. The fourth-order valence-corrected chi connectivity index (χ4v) is 6.42. The second kappa shape index (κ2) is 7.85. The molecule has 0 aliphatic carbocycles. The summed E-state index contributed by atoms with van der Waals surface area (Å²) in [5.74, 6) is -0.133. The van der Waals surface area contributed by atoms with Crippen LogP contribution in [0.5, 0.6) is 0 Å². The number of carbonyl (C=O) groups excluding carboxylic acids is 1. The Kier molecular flexibility index (Phi) is 5.56. The molecule has 0 saturated carbocycles. The first-order valence-corrected chi connectivity index (χ1v) is 12.8. The lowest BCUT2D eigenvalue weighted by Crippen LogP contribution is -2.53. The van der Waals surface area contributed by atoms with E-state index in [1.807, 2.05) is 4.90 Å². The zero-order valence-corrected chi connectivity index (χ0v) is 18.9. The van der Waals surface area contributed by atoms with Crippen LogP contribution in [0.4, 0.5) is 5.13 Å². The highest BCUT2D eigenvalue weighted by Gasteiger charge is 2.34. The standard InChI is InChI=1S/C20H28N4O3S2/c1-14-11-15(2)18-17(12-14)28-20(21-18)23-9-7-22(8-10-23)19(25)16-5-4-6-24(13-16)29(3,26)27/h11-12,16H,4-10,13H2,1-3H3. The largest absolute Gasteiger partial charge is 0.345 e. The molecular formula is C20H28N4O3S2. The zero-order valence-electron chi connectivity index (χ0n) is 17.2. The third-order valence-corrected chi connectivity index (χ3v) is 8.22. The lowest BCUT2D eigenvalue weighted by atomic mass is 9.98. The number of thiazole rings is 1. The van der Waals surface area contributed by atoms with E-state index in [-0.39, 0.29) is 11.8 Å². The number of sulfonamides is 1. The maximum absolute atomic E-state index is 13.0. The van der Waals surface area contributed by atoms with Gasteiger partial charge in [0.1, 0.15) is 0 Å². The molecule has 3 heterocycles. The summed E-state index contributed by atoms with van der Waals surface area (Å²) >= 11 is 1.71. The van der Waals surface area contributed by atoms with Gasteiger partial charge in [-0.05, 0) is 43.9 Å². The van der Waals surface area contributed by atoms with Crippen molar-refractivity contribution in [2.24, 2.45) is 5.92 Å². The number of piperazine rings is 1. The number of hydrogen-bond acceptors (Lipinski definition) is 6. The molecule has 0 spiro atoms. The molecule has 1 amide bonds. The zero-order chi connectivity index (χ0) is 20.8. The number of aromatic nitrogens is 1. The summed E-state index contributed by atoms with van der Waals surface area (Å²) in [4.78, 5) is 22.0. The minimum absolute atomic E-state index is 0.0915. The Bertz CT molecular complexity index is 1030. The van der Waals surface area contributed by atoms with Crippen LogP contribution in [0.25, 0.3) is 10.2 Å². The van der Waals surface area contributed by atoms with E-state index < -0.39 is 10.0 Å². The predicted octanol–water partition coefficient (Wildman–Crippen LogP) is 2.23. The average Bonchev–Trinajstić information content (AvgIpc) is 3.11. The van der Waals surface area contributed by atoms with Crippen molar-refractivity contribution in [3.63, 3.8) is 0 Å². The first-order valence-electron chi connectivity index (χ1n) is 10.1. The Labute approximate surface area is 176 Å². The fourth-order valence-electron chi connectivity index (χ4n) is 4.32. The number of aryl methyl sites for hydroxylation is 2. The van der Waals surface area contributed by atoms with E-state index >= 15 is 0 Å². The molecule has 1 atom stereocenters. The second-order valence-electron chi connectivity index (χ2n) is 8.20. The monoisotopic (exact) mass is 436 g/mol. The summed E-state index contributed by atoms with van der Waals surface area (Å²) in [6.07, 6.45) is 2.73. The van der Waals surface area contributed by atoms with Gasteiger partial charge in [-0.3, -0.25) is 4.79 Å². The molecule has 0 N–H and O–H groups in total. The molecule has 158 valence electrons. The molecule has 2 saturated heterocycles. The maximum Gasteiger partial charge on any atom is 0.227 e. The second-order valence-corrected chi connectivity index (χ2v) is 11.2. The van der Waals surface area contributed by atoms with Gasteiger partial charge in [0.15, 0.2) is 5.13 Å². The van der Waals surface area contributed by atoms with Crippen LogP contribution in [0, 0.1) is 19.8 Å². The van der Waals surface area contributed by atoms with Gasteiger partial charge in [-0.25, -0.2) is 17.7 Å². The van der Waals surface area contributed by atoms with Crippen molar-refractivity contribution in [1.82, 2.24) is 14.2 Å². The molecule has 2 aliphatic heterocycles. The van der Waals surface area contributed by atoms with E-state index in [0.29, 0.717) is 26.2 Å². The number of benzene rings is 1. The summed E-state index contributed by atoms with van der Waals surface area (Å²) in [6.45, 7) is 7.86.